The van der Waals surface area contributed by atoms with E-state index in [0.29, 0.717) is 11.5 Å². The average Bonchev–Trinajstić information content (AvgIpc) is 2.48. The monoisotopic (exact) mass is 351 g/mol. The van der Waals surface area contributed by atoms with Crippen LogP contribution in [0, 0.1) is 6.08 Å². The van der Waals surface area contributed by atoms with Crippen LogP contribution in [0.1, 0.15) is 0 Å². The quantitative estimate of drug-likeness (QED) is 0.326. The zero-order valence-electron chi connectivity index (χ0n) is 11.7. The van der Waals surface area contributed by atoms with Gasteiger partial charge in [-0.1, -0.05) is 6.08 Å². The molecule has 1 aliphatic carbocycles. The maximum atomic E-state index is 8.57. The van der Waals surface area contributed by atoms with Crippen molar-refractivity contribution < 1.29 is 38.5 Å². The van der Waals surface area contributed by atoms with Crippen LogP contribution in [-0.4, -0.2) is 57.1 Å². The summed E-state index contributed by atoms with van der Waals surface area (Å²) in [5.74, 6) is 0.524. The van der Waals surface area contributed by atoms with E-state index in [1.165, 1.54) is 14.2 Å². The summed E-state index contributed by atoms with van der Waals surface area (Å²) in [7, 11) is 3.05. The van der Waals surface area contributed by atoms with Crippen LogP contribution in [0.3, 0.4) is 0 Å². The van der Waals surface area contributed by atoms with E-state index in [1.807, 2.05) is 0 Å². The zero-order valence-corrected chi connectivity index (χ0v) is 15.5. The molecule has 1 heterocycles. The molecule has 0 radical (unpaired) electrons. The van der Waals surface area contributed by atoms with E-state index in [4.69, 9.17) is 19.7 Å². The fraction of sp³-hybridized carbons (Fsp3) is 0.583. The number of ether oxygens (including phenoxy) is 3. The van der Waals surface area contributed by atoms with Gasteiger partial charge in [0.25, 0.3) is 5.71 Å². The van der Waals surface area contributed by atoms with E-state index in [9.17, 15) is 0 Å². The second-order valence-electron chi connectivity index (χ2n) is 3.49. The summed E-state index contributed by atoms with van der Waals surface area (Å²) in [5.41, 5.74) is 8.98. The Bertz CT molecular complexity index is 355. The largest absolute Gasteiger partial charge is 2.00 e. The van der Waals surface area contributed by atoms with Gasteiger partial charge in [-0.2, -0.15) is 4.79 Å². The van der Waals surface area contributed by atoms with Gasteiger partial charge in [-0.25, -0.2) is 6.08 Å². The molecule has 6 nitrogen and oxygen atoms in total. The van der Waals surface area contributed by atoms with Crippen LogP contribution in [0.4, 0.5) is 0 Å². The minimum absolute atomic E-state index is 0. The van der Waals surface area contributed by atoms with Gasteiger partial charge >= 0.3 is 19.5 Å². The van der Waals surface area contributed by atoms with Gasteiger partial charge in [-0.15, -0.1) is 31.6 Å². The standard InChI is InChI=1S/C8H9N2O2.C4H8NO.ClH.Zn/c1-11-6-3-4-8(12-2)7(5-6)10-9;1-3-6-4-2-5-1;;/h4-5,8H,1-2H3;1-4H2;1H;/q2*-1;;+2. The molecule has 2 rings (SSSR count). The number of rotatable bonds is 2. The Hall–Kier alpha value is -0.547. The number of morpholine rings is 1. The van der Waals surface area contributed by atoms with E-state index >= 15 is 0 Å². The first-order valence-corrected chi connectivity index (χ1v) is 5.63. The Labute approximate surface area is 138 Å². The van der Waals surface area contributed by atoms with E-state index in [0.717, 1.165) is 26.3 Å². The van der Waals surface area contributed by atoms with Gasteiger partial charge in [-0.3, -0.25) is 0 Å². The summed E-state index contributed by atoms with van der Waals surface area (Å²) in [6, 6.07) is 0. The van der Waals surface area contributed by atoms with Gasteiger partial charge in [0.15, 0.2) is 0 Å². The molecule has 0 saturated carbocycles. The van der Waals surface area contributed by atoms with Crippen molar-refractivity contribution in [3.05, 3.63) is 34.8 Å². The van der Waals surface area contributed by atoms with E-state index in [-0.39, 0.29) is 38.0 Å². The number of nitrogens with zero attached hydrogens (tertiary/aromatic N) is 3. The SMILES string of the molecule is C1COCC[N-]1.COC1=CC(=[N+]=[N-])C(OC)C=[C-]1.Cl.[Zn+2]. The van der Waals surface area contributed by atoms with E-state index < -0.39 is 0 Å². The molecule has 0 aromatic rings. The molecular weight excluding hydrogens is 335 g/mol. The molecule has 1 unspecified atom stereocenters. The summed E-state index contributed by atoms with van der Waals surface area (Å²) in [5, 5.41) is 4.05. The Balaban J connectivity index is 0. The molecule has 0 bridgehead atoms. The fourth-order valence-corrected chi connectivity index (χ4v) is 1.37. The maximum Gasteiger partial charge on any atom is 2.00 e. The first kappa shape index (κ1) is 21.7. The van der Waals surface area contributed by atoms with Crippen LogP contribution in [0.15, 0.2) is 17.9 Å². The summed E-state index contributed by atoms with van der Waals surface area (Å²) in [6.07, 6.45) is 5.69. The smallest absolute Gasteiger partial charge is 0.659 e. The zero-order chi connectivity index (χ0) is 13.2. The molecule has 0 aromatic carbocycles. The molecule has 0 spiro atoms. The number of allylic oxidation sites excluding steroid dienone is 1. The molecule has 8 heteroatoms. The van der Waals surface area contributed by atoms with Crippen molar-refractivity contribution in [2.45, 2.75) is 6.10 Å². The molecule has 1 aliphatic heterocycles. The number of halogens is 1. The summed E-state index contributed by atoms with van der Waals surface area (Å²) < 4.78 is 14.8. The van der Waals surface area contributed by atoms with E-state index in [1.54, 1.807) is 12.2 Å². The minimum Gasteiger partial charge on any atom is -0.659 e. The van der Waals surface area contributed by atoms with Gasteiger partial charge in [0.2, 0.25) is 0 Å². The van der Waals surface area contributed by atoms with E-state index in [2.05, 4.69) is 16.2 Å². The number of methoxy groups -OCH3 is 2. The van der Waals surface area contributed by atoms with Crippen LogP contribution >= 0.6 is 12.4 Å². The third-order valence-electron chi connectivity index (χ3n) is 2.32. The minimum atomic E-state index is -0.339. The second kappa shape index (κ2) is 13.4. The van der Waals surface area contributed by atoms with Crippen molar-refractivity contribution in [1.82, 2.24) is 0 Å². The maximum absolute atomic E-state index is 8.57. The molecule has 0 N–H and O–H groups in total. The summed E-state index contributed by atoms with van der Waals surface area (Å²) >= 11 is 0. The predicted octanol–water partition coefficient (Wildman–Crippen LogP) is 1.39. The van der Waals surface area contributed by atoms with Crippen LogP contribution in [0.5, 0.6) is 0 Å². The Morgan fingerprint density at radius 3 is 2.40 bits per heavy atom. The predicted molar refractivity (Wildman–Crippen MR) is 73.5 cm³/mol. The topological polar surface area (TPSA) is 78.2 Å². The second-order valence-corrected chi connectivity index (χ2v) is 3.49. The van der Waals surface area contributed by atoms with Crippen LogP contribution in [0.25, 0.3) is 10.8 Å². The number of hydrogen-bond acceptors (Lipinski definition) is 3. The Morgan fingerprint density at radius 2 is 2.05 bits per heavy atom. The molecule has 1 saturated heterocycles. The third kappa shape index (κ3) is 7.90. The van der Waals surface area contributed by atoms with Crippen molar-refractivity contribution >= 4 is 18.1 Å². The van der Waals surface area contributed by atoms with Crippen molar-refractivity contribution in [2.24, 2.45) is 0 Å². The molecule has 0 aromatic heterocycles. The van der Waals surface area contributed by atoms with Crippen molar-refractivity contribution in [1.29, 1.82) is 0 Å². The summed E-state index contributed by atoms with van der Waals surface area (Å²) in [4.78, 5) is 3.06. The first-order valence-electron chi connectivity index (χ1n) is 5.63. The van der Waals surface area contributed by atoms with Crippen LogP contribution < -0.4 is 0 Å². The average molecular weight is 353 g/mol. The Kier molecular flexibility index (Phi) is 14.6. The van der Waals surface area contributed by atoms with Gasteiger partial charge in [0.1, 0.15) is 6.10 Å². The molecular formula is C12H18ClN3O3Zn. The molecule has 108 valence electrons. The van der Waals surface area contributed by atoms with Crippen LogP contribution in [0.2, 0.25) is 0 Å². The summed E-state index contributed by atoms with van der Waals surface area (Å²) in [6.45, 7) is 3.47. The third-order valence-corrected chi connectivity index (χ3v) is 2.32. The molecule has 1 fully saturated rings. The number of hydrogen-bond donors (Lipinski definition) is 0. The Morgan fingerprint density at radius 1 is 1.40 bits per heavy atom. The normalized spacial score (nSPS) is 20.2. The van der Waals surface area contributed by atoms with Gasteiger partial charge in [-0.05, 0) is 5.76 Å². The van der Waals surface area contributed by atoms with Gasteiger partial charge in [0, 0.05) is 20.3 Å². The van der Waals surface area contributed by atoms with Crippen molar-refractivity contribution in [3.63, 3.8) is 0 Å². The first-order chi connectivity index (χ1) is 8.81. The van der Waals surface area contributed by atoms with Crippen LogP contribution in [-0.2, 0) is 33.7 Å². The van der Waals surface area contributed by atoms with Crippen molar-refractivity contribution in [3.8, 4) is 0 Å². The molecule has 20 heavy (non-hydrogen) atoms. The van der Waals surface area contributed by atoms with Crippen molar-refractivity contribution in [2.75, 3.05) is 40.5 Å². The molecule has 2 aliphatic rings. The molecule has 0 amide bonds. The fourth-order valence-electron chi connectivity index (χ4n) is 1.37. The molecule has 1 atom stereocenters. The van der Waals surface area contributed by atoms with Gasteiger partial charge < -0.3 is 25.1 Å². The van der Waals surface area contributed by atoms with Gasteiger partial charge in [0.05, 0.1) is 7.11 Å².